The number of fused-ring (bicyclic) bond motifs is 1. The minimum atomic E-state index is 0.119. The van der Waals surface area contributed by atoms with Gasteiger partial charge in [-0.2, -0.15) is 0 Å². The lowest BCUT2D eigenvalue weighted by molar-refractivity contribution is -0.120. The number of aromatic amines is 1. The molecule has 0 aliphatic heterocycles. The average Bonchev–Trinajstić information content (AvgIpc) is 3.01. The van der Waals surface area contributed by atoms with Gasteiger partial charge in [-0.1, -0.05) is 15.9 Å². The Hall–Kier alpha value is -1.29. The first-order valence-corrected chi connectivity index (χ1v) is 6.56. The third-order valence-corrected chi connectivity index (χ3v) is 3.52. The van der Waals surface area contributed by atoms with E-state index in [-0.39, 0.29) is 5.91 Å². The van der Waals surface area contributed by atoms with Crippen LogP contribution in [-0.4, -0.2) is 16.9 Å². The van der Waals surface area contributed by atoms with Crippen molar-refractivity contribution in [1.29, 1.82) is 0 Å². The second kappa shape index (κ2) is 4.18. The molecular weight excluding hydrogens is 280 g/mol. The average molecular weight is 293 g/mol. The normalized spacial score (nSPS) is 15.1. The van der Waals surface area contributed by atoms with Crippen molar-refractivity contribution in [3.8, 4) is 0 Å². The lowest BCUT2D eigenvalue weighted by Gasteiger charge is -2.02. The largest absolute Gasteiger partial charge is 0.361 e. The SMILES string of the molecule is O=C(Cc1c[nH]c2ccc(Br)cc12)NC1CC1. The number of hydrogen-bond acceptors (Lipinski definition) is 1. The molecule has 4 heteroatoms. The van der Waals surface area contributed by atoms with Gasteiger partial charge in [0, 0.05) is 27.6 Å². The van der Waals surface area contributed by atoms with Crippen LogP contribution in [0.5, 0.6) is 0 Å². The van der Waals surface area contributed by atoms with Crippen molar-refractivity contribution >= 4 is 32.7 Å². The highest BCUT2D eigenvalue weighted by Crippen LogP contribution is 2.23. The second-order valence-corrected chi connectivity index (χ2v) is 5.44. The van der Waals surface area contributed by atoms with Gasteiger partial charge in [-0.05, 0) is 36.6 Å². The van der Waals surface area contributed by atoms with Crippen molar-refractivity contribution in [2.24, 2.45) is 0 Å². The molecule has 3 rings (SSSR count). The van der Waals surface area contributed by atoms with Gasteiger partial charge in [-0.3, -0.25) is 4.79 Å². The summed E-state index contributed by atoms with van der Waals surface area (Å²) in [6.45, 7) is 0. The maximum atomic E-state index is 11.8. The number of carbonyl (C=O) groups is 1. The highest BCUT2D eigenvalue weighted by atomic mass is 79.9. The molecule has 1 aromatic carbocycles. The van der Waals surface area contributed by atoms with Crippen molar-refractivity contribution in [1.82, 2.24) is 10.3 Å². The number of benzene rings is 1. The monoisotopic (exact) mass is 292 g/mol. The number of aromatic nitrogens is 1. The summed E-state index contributed by atoms with van der Waals surface area (Å²) >= 11 is 3.45. The van der Waals surface area contributed by atoms with Gasteiger partial charge in [-0.15, -0.1) is 0 Å². The van der Waals surface area contributed by atoms with E-state index >= 15 is 0 Å². The number of amides is 1. The van der Waals surface area contributed by atoms with Crippen LogP contribution >= 0.6 is 15.9 Å². The van der Waals surface area contributed by atoms with E-state index in [2.05, 4.69) is 26.2 Å². The van der Waals surface area contributed by atoms with Crippen LogP contribution in [0, 0.1) is 0 Å². The van der Waals surface area contributed by atoms with Gasteiger partial charge in [0.2, 0.25) is 5.91 Å². The molecule has 1 aliphatic rings. The number of nitrogens with one attached hydrogen (secondary N) is 2. The van der Waals surface area contributed by atoms with Gasteiger partial charge in [0.1, 0.15) is 0 Å². The van der Waals surface area contributed by atoms with Crippen molar-refractivity contribution in [3.63, 3.8) is 0 Å². The van der Waals surface area contributed by atoms with E-state index in [1.807, 2.05) is 24.4 Å². The van der Waals surface area contributed by atoms with Gasteiger partial charge in [0.05, 0.1) is 6.42 Å². The molecule has 1 heterocycles. The van der Waals surface area contributed by atoms with Crippen molar-refractivity contribution < 1.29 is 4.79 Å². The minimum absolute atomic E-state index is 0.119. The molecule has 0 atom stereocenters. The Bertz CT molecular complexity index is 572. The summed E-state index contributed by atoms with van der Waals surface area (Å²) in [5.74, 6) is 0.119. The smallest absolute Gasteiger partial charge is 0.224 e. The van der Waals surface area contributed by atoms with Crippen LogP contribution < -0.4 is 5.32 Å². The molecular formula is C13H13BrN2O. The maximum Gasteiger partial charge on any atom is 0.224 e. The van der Waals surface area contributed by atoms with E-state index in [1.54, 1.807) is 0 Å². The van der Waals surface area contributed by atoms with E-state index in [1.165, 1.54) is 0 Å². The predicted octanol–water partition coefficient (Wildman–Crippen LogP) is 2.75. The third kappa shape index (κ3) is 2.36. The van der Waals surface area contributed by atoms with Crippen LogP contribution in [0.2, 0.25) is 0 Å². The van der Waals surface area contributed by atoms with E-state index in [0.29, 0.717) is 12.5 Å². The molecule has 0 radical (unpaired) electrons. The van der Waals surface area contributed by atoms with E-state index in [4.69, 9.17) is 0 Å². The first kappa shape index (κ1) is 10.8. The van der Waals surface area contributed by atoms with Crippen LogP contribution in [0.3, 0.4) is 0 Å². The summed E-state index contributed by atoms with van der Waals surface area (Å²) in [7, 11) is 0. The summed E-state index contributed by atoms with van der Waals surface area (Å²) in [4.78, 5) is 14.9. The quantitative estimate of drug-likeness (QED) is 0.898. The summed E-state index contributed by atoms with van der Waals surface area (Å²) in [6.07, 6.45) is 4.63. The van der Waals surface area contributed by atoms with Crippen LogP contribution in [0.15, 0.2) is 28.9 Å². The topological polar surface area (TPSA) is 44.9 Å². The summed E-state index contributed by atoms with van der Waals surface area (Å²) in [5, 5.41) is 4.12. The Labute approximate surface area is 108 Å². The van der Waals surface area contributed by atoms with Crippen molar-refractivity contribution in [2.45, 2.75) is 25.3 Å². The van der Waals surface area contributed by atoms with Gasteiger partial charge < -0.3 is 10.3 Å². The zero-order chi connectivity index (χ0) is 11.8. The molecule has 1 amide bonds. The lowest BCUT2D eigenvalue weighted by atomic mass is 10.1. The molecule has 0 saturated heterocycles. The predicted molar refractivity (Wildman–Crippen MR) is 70.9 cm³/mol. The number of halogens is 1. The Balaban J connectivity index is 1.83. The zero-order valence-electron chi connectivity index (χ0n) is 9.29. The Kier molecular flexibility index (Phi) is 2.67. The first-order valence-electron chi connectivity index (χ1n) is 5.77. The molecule has 0 spiro atoms. The molecule has 1 saturated carbocycles. The Morgan fingerprint density at radius 1 is 1.47 bits per heavy atom. The fraction of sp³-hybridized carbons (Fsp3) is 0.308. The molecule has 2 N–H and O–H groups in total. The van der Waals surface area contributed by atoms with Gasteiger partial charge in [0.15, 0.2) is 0 Å². The maximum absolute atomic E-state index is 11.8. The van der Waals surface area contributed by atoms with Gasteiger partial charge >= 0.3 is 0 Å². The van der Waals surface area contributed by atoms with Crippen LogP contribution in [0.1, 0.15) is 18.4 Å². The fourth-order valence-electron chi connectivity index (χ4n) is 1.98. The molecule has 3 nitrogen and oxygen atoms in total. The molecule has 0 unspecified atom stereocenters. The van der Waals surface area contributed by atoms with E-state index in [0.717, 1.165) is 33.8 Å². The first-order chi connectivity index (χ1) is 8.22. The number of rotatable bonds is 3. The van der Waals surface area contributed by atoms with E-state index in [9.17, 15) is 4.79 Å². The third-order valence-electron chi connectivity index (χ3n) is 3.02. The zero-order valence-corrected chi connectivity index (χ0v) is 10.9. The van der Waals surface area contributed by atoms with Crippen molar-refractivity contribution in [2.75, 3.05) is 0 Å². The molecule has 1 aromatic heterocycles. The van der Waals surface area contributed by atoms with Gasteiger partial charge in [-0.25, -0.2) is 0 Å². The molecule has 17 heavy (non-hydrogen) atoms. The molecule has 88 valence electrons. The minimum Gasteiger partial charge on any atom is -0.361 e. The molecule has 0 bridgehead atoms. The fourth-order valence-corrected chi connectivity index (χ4v) is 2.34. The number of hydrogen-bond donors (Lipinski definition) is 2. The Morgan fingerprint density at radius 3 is 3.06 bits per heavy atom. The molecule has 1 aliphatic carbocycles. The second-order valence-electron chi connectivity index (χ2n) is 4.52. The number of H-pyrrole nitrogens is 1. The standard InChI is InChI=1S/C13H13BrN2O/c14-9-1-4-12-11(6-9)8(7-15-12)5-13(17)16-10-2-3-10/h1,4,6-7,10,15H,2-3,5H2,(H,16,17). The van der Waals surface area contributed by atoms with Gasteiger partial charge in [0.25, 0.3) is 0 Å². The summed E-state index contributed by atoms with van der Waals surface area (Å²) < 4.78 is 1.04. The van der Waals surface area contributed by atoms with E-state index < -0.39 is 0 Å². The van der Waals surface area contributed by atoms with Crippen LogP contribution in [0.25, 0.3) is 10.9 Å². The summed E-state index contributed by atoms with van der Waals surface area (Å²) in [6, 6.07) is 6.49. The van der Waals surface area contributed by atoms with Crippen LogP contribution in [-0.2, 0) is 11.2 Å². The van der Waals surface area contributed by atoms with Crippen molar-refractivity contribution in [3.05, 3.63) is 34.4 Å². The molecule has 2 aromatic rings. The van der Waals surface area contributed by atoms with Crippen LogP contribution in [0.4, 0.5) is 0 Å². The lowest BCUT2D eigenvalue weighted by Crippen LogP contribution is -2.26. The number of carbonyl (C=O) groups excluding carboxylic acids is 1. The highest BCUT2D eigenvalue weighted by molar-refractivity contribution is 9.10. The summed E-state index contributed by atoms with van der Waals surface area (Å²) in [5.41, 5.74) is 2.13. The highest BCUT2D eigenvalue weighted by Gasteiger charge is 2.23. The Morgan fingerprint density at radius 2 is 2.29 bits per heavy atom. The molecule has 1 fully saturated rings.